The zero-order valence-electron chi connectivity index (χ0n) is 20.7. The van der Waals surface area contributed by atoms with Crippen LogP contribution >= 0.6 is 11.6 Å². The van der Waals surface area contributed by atoms with Gasteiger partial charge in [0.25, 0.3) is 0 Å². The number of hydrogen-bond donors (Lipinski definition) is 3. The van der Waals surface area contributed by atoms with Crippen LogP contribution in [-0.4, -0.2) is 73.9 Å². The van der Waals surface area contributed by atoms with Crippen molar-refractivity contribution in [2.75, 3.05) is 24.7 Å². The van der Waals surface area contributed by atoms with Gasteiger partial charge in [0.05, 0.1) is 40.8 Å². The molecule has 4 rings (SSSR count). The summed E-state index contributed by atoms with van der Waals surface area (Å²) in [6.45, 7) is 7.24. The average molecular weight is 541 g/mol. The minimum atomic E-state index is -3.40. The summed E-state index contributed by atoms with van der Waals surface area (Å²) in [4.78, 5) is 13.0. The fraction of sp³-hybridized carbons (Fsp3) is 0.522. The van der Waals surface area contributed by atoms with E-state index >= 15 is 4.39 Å². The van der Waals surface area contributed by atoms with Crippen molar-refractivity contribution >= 4 is 38.6 Å². The predicted molar refractivity (Wildman–Crippen MR) is 136 cm³/mol. The summed E-state index contributed by atoms with van der Waals surface area (Å²) in [6, 6.07) is 2.42. The van der Waals surface area contributed by atoms with Gasteiger partial charge in [0.1, 0.15) is 16.9 Å². The quantitative estimate of drug-likeness (QED) is 0.434. The number of β-amino-alcohol motifs (C(OH)–C–C–N with tert-alkyl or cyclic N) is 1. The number of aliphatic hydroxyl groups excluding tert-OH is 1. The highest BCUT2D eigenvalue weighted by Crippen LogP contribution is 2.34. The van der Waals surface area contributed by atoms with Crippen LogP contribution < -0.4 is 5.32 Å². The normalized spacial score (nSPS) is 19.8. The summed E-state index contributed by atoms with van der Waals surface area (Å²) in [7, 11) is -3.40. The Morgan fingerprint density at radius 3 is 2.56 bits per heavy atom. The highest BCUT2D eigenvalue weighted by Gasteiger charge is 2.32. The standard InChI is InChI=1S/C23H30ClFN6O4S/c1-12(2)31-17-9-13(8-15(25)20(17)28-21(31)23(3,4)33)19-14(24)10-26-22(29-19)27-16-6-7-30(11-18(16)32)36(5,34)35/h8-10,12,16,18,32-33H,6-7,11H2,1-5H3,(H,26,27,29)/t16-,18-/m1/s1. The van der Waals surface area contributed by atoms with Gasteiger partial charge in [-0.1, -0.05) is 11.6 Å². The van der Waals surface area contributed by atoms with Crippen molar-refractivity contribution in [2.24, 2.45) is 0 Å². The maximum absolute atomic E-state index is 15.2. The van der Waals surface area contributed by atoms with Gasteiger partial charge < -0.3 is 20.1 Å². The zero-order valence-corrected chi connectivity index (χ0v) is 22.3. The van der Waals surface area contributed by atoms with Gasteiger partial charge >= 0.3 is 0 Å². The smallest absolute Gasteiger partial charge is 0.223 e. The molecule has 10 nitrogen and oxygen atoms in total. The maximum atomic E-state index is 15.2. The number of fused-ring (bicyclic) bond motifs is 1. The number of aromatic nitrogens is 4. The lowest BCUT2D eigenvalue weighted by molar-refractivity contribution is 0.0641. The third-order valence-electron chi connectivity index (χ3n) is 6.16. The minimum Gasteiger partial charge on any atom is -0.390 e. The fourth-order valence-corrected chi connectivity index (χ4v) is 5.48. The van der Waals surface area contributed by atoms with Crippen molar-refractivity contribution in [1.29, 1.82) is 0 Å². The number of hydrogen-bond acceptors (Lipinski definition) is 8. The van der Waals surface area contributed by atoms with E-state index in [1.165, 1.54) is 16.6 Å². The topological polar surface area (TPSA) is 133 Å². The molecule has 196 valence electrons. The Labute approximate surface area is 214 Å². The summed E-state index contributed by atoms with van der Waals surface area (Å²) in [5.74, 6) is -0.0735. The molecule has 3 heterocycles. The van der Waals surface area contributed by atoms with Crippen molar-refractivity contribution in [3.05, 3.63) is 35.0 Å². The molecule has 2 aromatic heterocycles. The van der Waals surface area contributed by atoms with E-state index < -0.39 is 33.6 Å². The Morgan fingerprint density at radius 2 is 1.97 bits per heavy atom. The van der Waals surface area contributed by atoms with E-state index in [-0.39, 0.29) is 41.3 Å². The van der Waals surface area contributed by atoms with Crippen molar-refractivity contribution in [3.63, 3.8) is 0 Å². The first kappa shape index (κ1) is 26.7. The number of anilines is 1. The van der Waals surface area contributed by atoms with Gasteiger partial charge in [-0.05, 0) is 46.2 Å². The van der Waals surface area contributed by atoms with E-state index in [0.717, 1.165) is 6.26 Å². The molecular formula is C23H30ClFN6O4S. The summed E-state index contributed by atoms with van der Waals surface area (Å²) in [5, 5.41) is 24.3. The fourth-order valence-electron chi connectivity index (χ4n) is 4.42. The average Bonchev–Trinajstić information content (AvgIpc) is 3.17. The maximum Gasteiger partial charge on any atom is 0.223 e. The van der Waals surface area contributed by atoms with Crippen LogP contribution in [0.2, 0.25) is 5.02 Å². The molecular weight excluding hydrogens is 511 g/mol. The second-order valence-corrected chi connectivity index (χ2v) is 12.3. The van der Waals surface area contributed by atoms with E-state index in [1.54, 1.807) is 24.5 Å². The summed E-state index contributed by atoms with van der Waals surface area (Å²) in [6.07, 6.45) is 1.87. The first-order chi connectivity index (χ1) is 16.7. The van der Waals surface area contributed by atoms with Gasteiger partial charge in [0.15, 0.2) is 5.82 Å². The number of piperidine rings is 1. The van der Waals surface area contributed by atoms with Gasteiger partial charge in [0.2, 0.25) is 16.0 Å². The summed E-state index contributed by atoms with van der Waals surface area (Å²) < 4.78 is 41.8. The van der Waals surface area contributed by atoms with Gasteiger partial charge in [0, 0.05) is 24.7 Å². The monoisotopic (exact) mass is 540 g/mol. The van der Waals surface area contributed by atoms with Crippen LogP contribution in [0.5, 0.6) is 0 Å². The van der Waals surface area contributed by atoms with Crippen molar-refractivity contribution in [1.82, 2.24) is 23.8 Å². The molecule has 0 aliphatic carbocycles. The van der Waals surface area contributed by atoms with Crippen LogP contribution in [0, 0.1) is 5.82 Å². The van der Waals surface area contributed by atoms with E-state index in [9.17, 15) is 18.6 Å². The van der Waals surface area contributed by atoms with Crippen LogP contribution in [0.25, 0.3) is 22.3 Å². The third-order valence-corrected chi connectivity index (χ3v) is 7.70. The van der Waals surface area contributed by atoms with Crippen molar-refractivity contribution < 1.29 is 23.0 Å². The number of imidazole rings is 1. The Bertz CT molecular complexity index is 1410. The lowest BCUT2D eigenvalue weighted by atomic mass is 10.0. The number of sulfonamides is 1. The van der Waals surface area contributed by atoms with Crippen LogP contribution in [0.3, 0.4) is 0 Å². The molecule has 13 heteroatoms. The van der Waals surface area contributed by atoms with Crippen molar-refractivity contribution in [2.45, 2.75) is 57.9 Å². The number of halogens is 2. The Kier molecular flexibility index (Phi) is 7.03. The minimum absolute atomic E-state index is 0.0401. The molecule has 0 unspecified atom stereocenters. The van der Waals surface area contributed by atoms with E-state index in [0.29, 0.717) is 23.3 Å². The largest absolute Gasteiger partial charge is 0.390 e. The van der Waals surface area contributed by atoms with Gasteiger partial charge in [-0.3, -0.25) is 0 Å². The lowest BCUT2D eigenvalue weighted by Gasteiger charge is -2.34. The molecule has 1 fully saturated rings. The summed E-state index contributed by atoms with van der Waals surface area (Å²) >= 11 is 6.39. The predicted octanol–water partition coefficient (Wildman–Crippen LogP) is 2.90. The Morgan fingerprint density at radius 1 is 1.28 bits per heavy atom. The summed E-state index contributed by atoms with van der Waals surface area (Å²) in [5.41, 5.74) is 0.0117. The molecule has 2 atom stereocenters. The van der Waals surface area contributed by atoms with Crippen LogP contribution in [0.4, 0.5) is 10.3 Å². The van der Waals surface area contributed by atoms with Gasteiger partial charge in [-0.15, -0.1) is 0 Å². The number of aliphatic hydroxyl groups is 2. The molecule has 0 radical (unpaired) electrons. The molecule has 36 heavy (non-hydrogen) atoms. The Balaban J connectivity index is 1.71. The molecule has 1 aliphatic rings. The number of benzene rings is 1. The molecule has 0 amide bonds. The number of rotatable bonds is 6. The number of nitrogens with one attached hydrogen (secondary N) is 1. The van der Waals surface area contributed by atoms with Gasteiger partial charge in [-0.2, -0.15) is 4.31 Å². The lowest BCUT2D eigenvalue weighted by Crippen LogP contribution is -2.51. The van der Waals surface area contributed by atoms with E-state index in [2.05, 4.69) is 20.3 Å². The Hall–Kier alpha value is -2.38. The van der Waals surface area contributed by atoms with Crippen LogP contribution in [-0.2, 0) is 15.6 Å². The SMILES string of the molecule is CC(C)n1c(C(C)(C)O)nc2c(F)cc(-c3nc(N[C@@H]4CCN(S(C)(=O)=O)C[C@H]4O)ncc3Cl)cc21. The molecule has 1 aromatic carbocycles. The van der Waals surface area contributed by atoms with Crippen LogP contribution in [0.15, 0.2) is 18.3 Å². The second kappa shape index (κ2) is 9.49. The van der Waals surface area contributed by atoms with Crippen molar-refractivity contribution in [3.8, 4) is 11.3 Å². The molecule has 1 saturated heterocycles. The highest BCUT2D eigenvalue weighted by atomic mass is 35.5. The molecule has 0 saturated carbocycles. The van der Waals surface area contributed by atoms with Gasteiger partial charge in [-0.25, -0.2) is 27.8 Å². The molecule has 1 aliphatic heterocycles. The molecule has 3 aromatic rings. The number of nitrogens with zero attached hydrogens (tertiary/aromatic N) is 5. The third kappa shape index (κ3) is 5.18. The van der Waals surface area contributed by atoms with E-state index in [1.807, 2.05) is 13.8 Å². The molecule has 0 spiro atoms. The molecule has 0 bridgehead atoms. The zero-order chi connectivity index (χ0) is 26.6. The first-order valence-electron chi connectivity index (χ1n) is 11.5. The first-order valence-corrected chi connectivity index (χ1v) is 13.8. The molecule has 3 N–H and O–H groups in total. The highest BCUT2D eigenvalue weighted by molar-refractivity contribution is 7.88. The second-order valence-electron chi connectivity index (χ2n) is 9.90. The van der Waals surface area contributed by atoms with Crippen LogP contribution in [0.1, 0.15) is 46.0 Å². The van der Waals surface area contributed by atoms with E-state index in [4.69, 9.17) is 11.6 Å².